The molecule has 2 heterocycles. The number of hydrogen-bond acceptors (Lipinski definition) is 6. The van der Waals surface area contributed by atoms with Crippen molar-refractivity contribution in [1.82, 2.24) is 15.1 Å². The molecule has 2 aliphatic rings. The summed E-state index contributed by atoms with van der Waals surface area (Å²) in [7, 11) is 0. The van der Waals surface area contributed by atoms with E-state index >= 15 is 4.39 Å². The van der Waals surface area contributed by atoms with Gasteiger partial charge in [0, 0.05) is 49.4 Å². The summed E-state index contributed by atoms with van der Waals surface area (Å²) < 4.78 is 73.6. The number of rotatable bonds is 11. The van der Waals surface area contributed by atoms with Gasteiger partial charge in [0.05, 0.1) is 29.9 Å². The van der Waals surface area contributed by atoms with Crippen LogP contribution >= 0.6 is 11.6 Å². The number of cyclic esters (lactones) is 1. The van der Waals surface area contributed by atoms with E-state index in [4.69, 9.17) is 16.3 Å². The van der Waals surface area contributed by atoms with E-state index in [-0.39, 0.29) is 56.0 Å². The van der Waals surface area contributed by atoms with Crippen molar-refractivity contribution < 1.29 is 41.1 Å². The van der Waals surface area contributed by atoms with E-state index in [1.165, 1.54) is 23.1 Å². The van der Waals surface area contributed by atoms with E-state index < -0.39 is 47.7 Å². The number of nitrogens with zero attached hydrogens (tertiary/aromatic N) is 3. The molecule has 2 N–H and O–H groups in total. The number of ether oxygens (including phenoxy) is 1. The number of hydrogen-bond donors (Lipinski definition) is 2. The Morgan fingerprint density at radius 3 is 2.51 bits per heavy atom. The fourth-order valence-electron chi connectivity index (χ4n) is 5.40. The van der Waals surface area contributed by atoms with Crippen LogP contribution in [0.25, 0.3) is 0 Å². The summed E-state index contributed by atoms with van der Waals surface area (Å²) in [5, 5.41) is 5.39. The first-order valence-electron chi connectivity index (χ1n) is 14.5. The molecule has 3 amide bonds. The fraction of sp³-hybridized carbons (Fsp3) is 0.500. The summed E-state index contributed by atoms with van der Waals surface area (Å²) in [4.78, 5) is 41.7. The lowest BCUT2D eigenvalue weighted by molar-refractivity contribution is -0.139. The van der Waals surface area contributed by atoms with Crippen LogP contribution in [0, 0.1) is 17.6 Å². The molecule has 2 aliphatic heterocycles. The smallest absolute Gasteiger partial charge is 0.410 e. The molecule has 0 spiro atoms. The number of amides is 3. The van der Waals surface area contributed by atoms with Gasteiger partial charge in [0.2, 0.25) is 5.91 Å². The van der Waals surface area contributed by atoms with E-state index in [9.17, 15) is 31.9 Å². The monoisotopic (exact) mass is 659 g/mol. The molecule has 2 fully saturated rings. The van der Waals surface area contributed by atoms with Crippen molar-refractivity contribution in [3.63, 3.8) is 0 Å². The van der Waals surface area contributed by atoms with Crippen LogP contribution < -0.4 is 15.5 Å². The van der Waals surface area contributed by atoms with Crippen molar-refractivity contribution in [3.05, 3.63) is 58.1 Å². The van der Waals surface area contributed by atoms with Gasteiger partial charge in [-0.1, -0.05) is 31.5 Å². The Morgan fingerprint density at radius 2 is 1.84 bits per heavy atom. The van der Waals surface area contributed by atoms with Gasteiger partial charge in [-0.2, -0.15) is 13.2 Å². The van der Waals surface area contributed by atoms with Gasteiger partial charge in [0.1, 0.15) is 13.2 Å². The van der Waals surface area contributed by atoms with E-state index in [1.54, 1.807) is 6.07 Å². The molecule has 2 saturated heterocycles. The van der Waals surface area contributed by atoms with Gasteiger partial charge >= 0.3 is 12.3 Å². The van der Waals surface area contributed by atoms with Gasteiger partial charge in [-0.15, -0.1) is 0 Å². The molecule has 0 radical (unpaired) electrons. The van der Waals surface area contributed by atoms with Crippen LogP contribution in [0.15, 0.2) is 30.3 Å². The van der Waals surface area contributed by atoms with Gasteiger partial charge in [-0.3, -0.25) is 19.4 Å². The molecule has 4 rings (SSSR count). The summed E-state index contributed by atoms with van der Waals surface area (Å²) >= 11 is 6.27. The lowest BCUT2D eigenvalue weighted by Gasteiger charge is -2.43. The maximum Gasteiger partial charge on any atom is 0.410 e. The third-order valence-corrected chi connectivity index (χ3v) is 7.88. The molecule has 2 aromatic carbocycles. The third kappa shape index (κ3) is 9.19. The fourth-order valence-corrected chi connectivity index (χ4v) is 5.57. The first-order valence-corrected chi connectivity index (χ1v) is 14.9. The number of piperazine rings is 1. The Kier molecular flexibility index (Phi) is 11.1. The minimum atomic E-state index is -4.27. The summed E-state index contributed by atoms with van der Waals surface area (Å²) in [5.74, 6) is -4.03. The Hall–Kier alpha value is -3.65. The van der Waals surface area contributed by atoms with Crippen molar-refractivity contribution in [1.29, 1.82) is 0 Å². The van der Waals surface area contributed by atoms with Crippen LogP contribution in [0.4, 0.5) is 38.1 Å². The number of carbonyl (C=O) groups excluding carboxylic acids is 3. The first-order chi connectivity index (χ1) is 21.2. The Balaban J connectivity index is 1.45. The maximum absolute atomic E-state index is 15.1. The van der Waals surface area contributed by atoms with Gasteiger partial charge in [-0.05, 0) is 36.6 Å². The summed E-state index contributed by atoms with van der Waals surface area (Å²) in [5.41, 5.74) is 0.00121. The molecule has 0 aromatic heterocycles. The number of benzene rings is 2. The molecule has 0 unspecified atom stereocenters. The second-order valence-electron chi connectivity index (χ2n) is 11.5. The Labute approximate surface area is 262 Å². The number of nitrogens with one attached hydrogen (secondary N) is 2. The molecular formula is C30H35ClF5N5O4. The predicted octanol–water partition coefficient (Wildman–Crippen LogP) is 5.43. The second-order valence-corrected chi connectivity index (χ2v) is 11.9. The largest absolute Gasteiger partial charge is 0.448 e. The summed E-state index contributed by atoms with van der Waals surface area (Å²) in [6.07, 6.45) is -5.17. The number of halogens is 6. The van der Waals surface area contributed by atoms with Crippen LogP contribution in [-0.4, -0.2) is 85.8 Å². The Bertz CT molecular complexity index is 1410. The highest BCUT2D eigenvalue weighted by Gasteiger charge is 2.33. The molecule has 2 aromatic rings. The minimum absolute atomic E-state index is 0.120. The SMILES string of the molecule is CC(C)C[C@H]1CN(c2cc(Cl)ccc2NC(=O)c2ccc(CNC(=O)CN3CCOC3=O)c(F)c2F)CCN1CCC(F)(F)F. The first kappa shape index (κ1) is 34.2. The molecular weight excluding hydrogens is 625 g/mol. The molecule has 15 heteroatoms. The zero-order valence-corrected chi connectivity index (χ0v) is 25.6. The van der Waals surface area contributed by atoms with Crippen LogP contribution in [0.5, 0.6) is 0 Å². The van der Waals surface area contributed by atoms with Gasteiger partial charge in [0.15, 0.2) is 11.6 Å². The predicted molar refractivity (Wildman–Crippen MR) is 158 cm³/mol. The molecule has 0 bridgehead atoms. The van der Waals surface area contributed by atoms with E-state index in [0.29, 0.717) is 36.8 Å². The lowest BCUT2D eigenvalue weighted by Crippen LogP contribution is -2.54. The van der Waals surface area contributed by atoms with Gasteiger partial charge in [-0.25, -0.2) is 13.6 Å². The number of alkyl halides is 3. The van der Waals surface area contributed by atoms with Crippen molar-refractivity contribution in [2.24, 2.45) is 5.92 Å². The third-order valence-electron chi connectivity index (χ3n) is 7.64. The normalized spacial score (nSPS) is 17.5. The van der Waals surface area contributed by atoms with E-state index in [1.807, 2.05) is 23.6 Å². The molecule has 1 atom stereocenters. The standard InChI is InChI=1S/C30H35ClF5N5O4/c1-18(2)13-21-16-40(10-9-39(21)8-7-30(34,35)36)24-14-20(31)4-6-23(24)38-28(43)22-5-3-19(26(32)27(22)33)15-37-25(42)17-41-11-12-45-29(41)44/h3-6,14,18,21H,7-13,15-17H2,1-2H3,(H,37,42)(H,38,43)/t21-/m0/s1. The summed E-state index contributed by atoms with van der Waals surface area (Å²) in [6.45, 7) is 4.68. The lowest BCUT2D eigenvalue weighted by atomic mass is 9.99. The maximum atomic E-state index is 15.1. The molecule has 246 valence electrons. The zero-order valence-electron chi connectivity index (χ0n) is 24.9. The number of carbonyl (C=O) groups is 3. The van der Waals surface area contributed by atoms with E-state index in [0.717, 1.165) is 6.07 Å². The van der Waals surface area contributed by atoms with E-state index in [2.05, 4.69) is 10.6 Å². The van der Waals surface area contributed by atoms with Crippen LogP contribution in [0.1, 0.15) is 42.6 Å². The highest BCUT2D eigenvalue weighted by Crippen LogP contribution is 2.33. The van der Waals surface area contributed by atoms with Crippen molar-refractivity contribution in [3.8, 4) is 0 Å². The Morgan fingerprint density at radius 1 is 1.09 bits per heavy atom. The quantitative estimate of drug-likeness (QED) is 0.313. The van der Waals surface area contributed by atoms with Gasteiger partial charge < -0.3 is 20.3 Å². The number of anilines is 2. The molecule has 0 saturated carbocycles. The molecule has 45 heavy (non-hydrogen) atoms. The van der Waals surface area contributed by atoms with Crippen molar-refractivity contribution in [2.75, 3.05) is 56.1 Å². The average molecular weight is 660 g/mol. The minimum Gasteiger partial charge on any atom is -0.448 e. The molecule has 9 nitrogen and oxygen atoms in total. The van der Waals surface area contributed by atoms with Crippen molar-refractivity contribution >= 4 is 40.9 Å². The highest BCUT2D eigenvalue weighted by molar-refractivity contribution is 6.31. The average Bonchev–Trinajstić information content (AvgIpc) is 3.36. The second kappa shape index (κ2) is 14.6. The van der Waals surface area contributed by atoms with Crippen molar-refractivity contribution in [2.45, 2.75) is 45.5 Å². The highest BCUT2D eigenvalue weighted by atomic mass is 35.5. The molecule has 0 aliphatic carbocycles. The van der Waals surface area contributed by atoms with Crippen LogP contribution in [-0.2, 0) is 16.1 Å². The van der Waals surface area contributed by atoms with Crippen LogP contribution in [0.3, 0.4) is 0 Å². The topological polar surface area (TPSA) is 94.2 Å². The zero-order chi connectivity index (χ0) is 32.9. The van der Waals surface area contributed by atoms with Gasteiger partial charge in [0.25, 0.3) is 5.91 Å². The summed E-state index contributed by atoms with van der Waals surface area (Å²) in [6, 6.07) is 6.75. The van der Waals surface area contributed by atoms with Crippen LogP contribution in [0.2, 0.25) is 5.02 Å².